The molecule has 1 fully saturated rings. The quantitative estimate of drug-likeness (QED) is 0.884. The molecule has 0 saturated carbocycles. The number of rotatable bonds is 4. The molecule has 2 aromatic carbocycles. The van der Waals surface area contributed by atoms with Gasteiger partial charge in [0.25, 0.3) is 0 Å². The van der Waals surface area contributed by atoms with Gasteiger partial charge in [0.1, 0.15) is 12.6 Å². The molecule has 0 bridgehead atoms. The molecule has 0 aromatic heterocycles. The number of benzene rings is 2. The number of thioether (sulfide) groups is 1. The minimum absolute atomic E-state index is 0.0501. The van der Waals surface area contributed by atoms with E-state index < -0.39 is 12.1 Å². The predicted octanol–water partition coefficient (Wildman–Crippen LogP) is 2.89. The molecule has 6 heteroatoms. The van der Waals surface area contributed by atoms with Crippen molar-refractivity contribution < 1.29 is 14.3 Å². The van der Waals surface area contributed by atoms with E-state index in [4.69, 9.17) is 4.74 Å². The molecule has 1 heterocycles. The fourth-order valence-corrected chi connectivity index (χ4v) is 3.69. The van der Waals surface area contributed by atoms with Gasteiger partial charge in [-0.05, 0) is 11.1 Å². The molecule has 3 rings (SSSR count). The van der Waals surface area contributed by atoms with Crippen molar-refractivity contribution in [1.29, 1.82) is 0 Å². The molecule has 2 atom stereocenters. The van der Waals surface area contributed by atoms with Gasteiger partial charge in [-0.25, -0.2) is 4.79 Å². The van der Waals surface area contributed by atoms with Crippen LogP contribution in [0.1, 0.15) is 17.2 Å². The summed E-state index contributed by atoms with van der Waals surface area (Å²) >= 11 is 1.63. The van der Waals surface area contributed by atoms with E-state index in [0.717, 1.165) is 16.9 Å². The predicted molar refractivity (Wildman–Crippen MR) is 98.2 cm³/mol. The summed E-state index contributed by atoms with van der Waals surface area (Å²) in [5.74, 6) is 1.11. The number of amides is 2. The summed E-state index contributed by atoms with van der Waals surface area (Å²) in [6, 6.07) is 18.6. The maximum Gasteiger partial charge on any atom is 0.408 e. The highest BCUT2D eigenvalue weighted by atomic mass is 32.2. The number of hydrogen-bond donors (Lipinski definition) is 2. The molecule has 1 aliphatic heterocycles. The van der Waals surface area contributed by atoms with Crippen molar-refractivity contribution in [2.45, 2.75) is 18.7 Å². The summed E-state index contributed by atoms with van der Waals surface area (Å²) in [6.07, 6.45) is -0.581. The molecule has 130 valence electrons. The van der Waals surface area contributed by atoms with E-state index in [0.29, 0.717) is 5.75 Å². The highest BCUT2D eigenvalue weighted by Crippen LogP contribution is 2.22. The summed E-state index contributed by atoms with van der Waals surface area (Å²) in [6.45, 7) is 0.181. The normalized spacial score (nSPS) is 20.2. The van der Waals surface area contributed by atoms with Crippen LogP contribution < -0.4 is 10.6 Å². The first-order valence-corrected chi connectivity index (χ1v) is 9.28. The molecule has 1 saturated heterocycles. The molecule has 1 aliphatic rings. The van der Waals surface area contributed by atoms with Crippen LogP contribution in [0, 0.1) is 0 Å². The molecular weight excluding hydrogens is 336 g/mol. The van der Waals surface area contributed by atoms with Crippen molar-refractivity contribution in [1.82, 2.24) is 10.6 Å². The molecule has 2 amide bonds. The number of carbonyl (C=O) groups is 2. The Bertz CT molecular complexity index is 709. The van der Waals surface area contributed by atoms with Crippen molar-refractivity contribution >= 4 is 23.8 Å². The number of hydrogen-bond acceptors (Lipinski definition) is 4. The number of alkyl carbamates (subject to hydrolysis) is 1. The first-order valence-electron chi connectivity index (χ1n) is 8.12. The summed E-state index contributed by atoms with van der Waals surface area (Å²) in [5.41, 5.74) is 1.97. The van der Waals surface area contributed by atoms with Crippen molar-refractivity contribution in [3.05, 3.63) is 71.8 Å². The minimum atomic E-state index is -0.595. The monoisotopic (exact) mass is 356 g/mol. The van der Waals surface area contributed by atoms with Crippen molar-refractivity contribution in [2.24, 2.45) is 0 Å². The van der Waals surface area contributed by atoms with Gasteiger partial charge in [-0.3, -0.25) is 4.79 Å². The van der Waals surface area contributed by atoms with Gasteiger partial charge in [0, 0.05) is 11.5 Å². The highest BCUT2D eigenvalue weighted by Gasteiger charge is 2.28. The van der Waals surface area contributed by atoms with Gasteiger partial charge in [-0.1, -0.05) is 60.7 Å². The maximum absolute atomic E-state index is 12.4. The lowest BCUT2D eigenvalue weighted by molar-refractivity contribution is -0.123. The van der Waals surface area contributed by atoms with Crippen LogP contribution in [0.15, 0.2) is 60.7 Å². The molecular formula is C19H20N2O3S. The van der Waals surface area contributed by atoms with Gasteiger partial charge in [0.2, 0.25) is 5.91 Å². The second-order valence-electron chi connectivity index (χ2n) is 5.77. The average Bonchev–Trinajstić information content (AvgIpc) is 2.83. The van der Waals surface area contributed by atoms with Crippen molar-refractivity contribution in [3.63, 3.8) is 0 Å². The number of nitrogens with one attached hydrogen (secondary N) is 2. The van der Waals surface area contributed by atoms with Crippen LogP contribution in [0.25, 0.3) is 0 Å². The Balaban J connectivity index is 1.52. The van der Waals surface area contributed by atoms with E-state index in [1.165, 1.54) is 0 Å². The van der Waals surface area contributed by atoms with Crippen LogP contribution in [0.2, 0.25) is 0 Å². The van der Waals surface area contributed by atoms with Crippen LogP contribution >= 0.6 is 11.8 Å². The largest absolute Gasteiger partial charge is 0.445 e. The summed E-state index contributed by atoms with van der Waals surface area (Å²) in [7, 11) is 0. The average molecular weight is 356 g/mol. The van der Waals surface area contributed by atoms with Gasteiger partial charge in [0.05, 0.1) is 6.04 Å². The Kier molecular flexibility index (Phi) is 5.95. The Labute approximate surface area is 151 Å². The van der Waals surface area contributed by atoms with E-state index in [9.17, 15) is 9.59 Å². The fraction of sp³-hybridized carbons (Fsp3) is 0.263. The Hall–Kier alpha value is -2.47. The zero-order chi connectivity index (χ0) is 17.5. The van der Waals surface area contributed by atoms with Gasteiger partial charge in [0.15, 0.2) is 0 Å². The van der Waals surface area contributed by atoms with Crippen LogP contribution in [0.3, 0.4) is 0 Å². The summed E-state index contributed by atoms with van der Waals surface area (Å²) in [4.78, 5) is 24.4. The van der Waals surface area contributed by atoms with E-state index >= 15 is 0 Å². The Morgan fingerprint density at radius 1 is 1.08 bits per heavy atom. The molecule has 25 heavy (non-hydrogen) atoms. The first kappa shape index (κ1) is 17.4. The second-order valence-corrected chi connectivity index (χ2v) is 6.84. The first-order chi connectivity index (χ1) is 12.2. The topological polar surface area (TPSA) is 67.4 Å². The third-order valence-electron chi connectivity index (χ3n) is 3.91. The molecule has 2 aromatic rings. The SMILES string of the molecule is O=C(NC1CSC[C@@H](c2ccccc2)NC1=O)OCc1ccccc1. The van der Waals surface area contributed by atoms with E-state index in [2.05, 4.69) is 10.6 Å². The molecule has 1 unspecified atom stereocenters. The van der Waals surface area contributed by atoms with E-state index in [1.807, 2.05) is 60.7 Å². The number of carbonyl (C=O) groups excluding carboxylic acids is 2. The smallest absolute Gasteiger partial charge is 0.408 e. The third-order valence-corrected chi connectivity index (χ3v) is 5.05. The zero-order valence-electron chi connectivity index (χ0n) is 13.7. The van der Waals surface area contributed by atoms with E-state index in [-0.39, 0.29) is 18.6 Å². The van der Waals surface area contributed by atoms with Gasteiger partial charge in [-0.15, -0.1) is 0 Å². The fourth-order valence-electron chi connectivity index (χ4n) is 2.57. The van der Waals surface area contributed by atoms with Crippen LogP contribution in [-0.2, 0) is 16.1 Å². The molecule has 0 spiro atoms. The summed E-state index contributed by atoms with van der Waals surface area (Å²) < 4.78 is 5.19. The van der Waals surface area contributed by atoms with Gasteiger partial charge >= 0.3 is 6.09 Å². The van der Waals surface area contributed by atoms with Crippen LogP contribution in [0.4, 0.5) is 4.79 Å². The Morgan fingerprint density at radius 3 is 2.48 bits per heavy atom. The van der Waals surface area contributed by atoms with Crippen LogP contribution in [-0.4, -0.2) is 29.5 Å². The molecule has 0 radical (unpaired) electrons. The Morgan fingerprint density at radius 2 is 1.76 bits per heavy atom. The van der Waals surface area contributed by atoms with Crippen molar-refractivity contribution in [3.8, 4) is 0 Å². The third kappa shape index (κ3) is 5.00. The van der Waals surface area contributed by atoms with E-state index in [1.54, 1.807) is 11.8 Å². The second kappa shape index (κ2) is 8.58. The lowest BCUT2D eigenvalue weighted by Gasteiger charge is -2.18. The highest BCUT2D eigenvalue weighted by molar-refractivity contribution is 7.99. The summed E-state index contributed by atoms with van der Waals surface area (Å²) in [5, 5.41) is 5.65. The molecule has 2 N–H and O–H groups in total. The number of ether oxygens (including phenoxy) is 1. The maximum atomic E-state index is 12.4. The van der Waals surface area contributed by atoms with Gasteiger partial charge in [-0.2, -0.15) is 11.8 Å². The lowest BCUT2D eigenvalue weighted by Crippen LogP contribution is -2.47. The standard InChI is InChI=1S/C19H20N2O3S/c22-18-17(21-19(23)24-11-14-7-3-1-4-8-14)13-25-12-16(20-18)15-9-5-2-6-10-15/h1-10,16-17H,11-13H2,(H,20,22)(H,21,23)/t16-,17?/m0/s1. The molecule has 5 nitrogen and oxygen atoms in total. The molecule has 0 aliphatic carbocycles. The zero-order valence-corrected chi connectivity index (χ0v) is 14.5. The van der Waals surface area contributed by atoms with Crippen molar-refractivity contribution in [2.75, 3.05) is 11.5 Å². The minimum Gasteiger partial charge on any atom is -0.445 e. The van der Waals surface area contributed by atoms with Gasteiger partial charge < -0.3 is 15.4 Å². The van der Waals surface area contributed by atoms with Crippen LogP contribution in [0.5, 0.6) is 0 Å². The lowest BCUT2D eigenvalue weighted by atomic mass is 10.1.